The highest BCUT2D eigenvalue weighted by Gasteiger charge is 2.23. The van der Waals surface area contributed by atoms with Gasteiger partial charge in [0.1, 0.15) is 5.75 Å². The van der Waals surface area contributed by atoms with Crippen LogP contribution in [0.25, 0.3) is 0 Å². The Morgan fingerprint density at radius 3 is 2.68 bits per heavy atom. The normalized spacial score (nSPS) is 23.3. The quantitative estimate of drug-likeness (QED) is 0.873. The average Bonchev–Trinajstić information content (AvgIpc) is 2.76. The Hall–Kier alpha value is -1.03. The largest absolute Gasteiger partial charge is 0.489 e. The van der Waals surface area contributed by atoms with E-state index >= 15 is 0 Å². The summed E-state index contributed by atoms with van der Waals surface area (Å²) in [5, 5.41) is 9.25. The molecule has 3 nitrogen and oxygen atoms in total. The maximum Gasteiger partial charge on any atom is 0.349 e. The molecule has 0 atom stereocenters. The molecule has 4 heteroatoms. The summed E-state index contributed by atoms with van der Waals surface area (Å²) in [6.07, 6.45) is 6.59. The summed E-state index contributed by atoms with van der Waals surface area (Å²) in [6, 6.07) is 1.93. The summed E-state index contributed by atoms with van der Waals surface area (Å²) in [4.78, 5) is 12.7. The van der Waals surface area contributed by atoms with Crippen LogP contribution >= 0.6 is 11.3 Å². The van der Waals surface area contributed by atoms with E-state index in [9.17, 15) is 9.90 Å². The number of carbonyl (C=O) groups is 1. The van der Waals surface area contributed by atoms with Gasteiger partial charge in [0.05, 0.1) is 6.10 Å². The van der Waals surface area contributed by atoms with E-state index in [1.807, 2.05) is 6.07 Å². The molecule has 0 saturated heterocycles. The molecular weight excluding hydrogens is 260 g/mol. The molecule has 0 unspecified atom stereocenters. The molecule has 0 radical (unpaired) electrons. The van der Waals surface area contributed by atoms with Crippen molar-refractivity contribution in [2.24, 2.45) is 5.92 Å². The molecule has 1 aliphatic carbocycles. The van der Waals surface area contributed by atoms with E-state index < -0.39 is 5.97 Å². The highest BCUT2D eigenvalue weighted by atomic mass is 32.1. The number of carboxylic acid groups (broad SMARTS) is 1. The molecule has 0 spiro atoms. The van der Waals surface area contributed by atoms with Crippen molar-refractivity contribution in [1.29, 1.82) is 0 Å². The summed E-state index contributed by atoms with van der Waals surface area (Å²) in [5.41, 5.74) is 0. The number of thiophene rings is 1. The first-order valence-electron chi connectivity index (χ1n) is 7.12. The first-order chi connectivity index (χ1) is 9.10. The van der Waals surface area contributed by atoms with E-state index in [0.717, 1.165) is 36.5 Å². The second-order valence-electron chi connectivity index (χ2n) is 5.46. The highest BCUT2D eigenvalue weighted by Crippen LogP contribution is 2.34. The van der Waals surface area contributed by atoms with Crippen LogP contribution in [0.3, 0.4) is 0 Å². The Labute approximate surface area is 118 Å². The zero-order valence-electron chi connectivity index (χ0n) is 11.6. The number of aromatic carboxylic acids is 1. The number of hydrogen-bond acceptors (Lipinski definition) is 3. The van der Waals surface area contributed by atoms with E-state index in [-0.39, 0.29) is 6.10 Å². The van der Waals surface area contributed by atoms with Crippen LogP contribution in [0.2, 0.25) is 0 Å². The zero-order chi connectivity index (χ0) is 13.8. The summed E-state index contributed by atoms with van der Waals surface area (Å²) in [6.45, 7) is 4.37. The van der Waals surface area contributed by atoms with E-state index in [4.69, 9.17) is 4.74 Å². The fourth-order valence-corrected chi connectivity index (χ4v) is 3.58. The van der Waals surface area contributed by atoms with Gasteiger partial charge < -0.3 is 9.84 Å². The Morgan fingerprint density at radius 1 is 1.42 bits per heavy atom. The maximum atomic E-state index is 11.3. The van der Waals surface area contributed by atoms with Crippen molar-refractivity contribution in [1.82, 2.24) is 0 Å². The van der Waals surface area contributed by atoms with Gasteiger partial charge >= 0.3 is 5.97 Å². The number of aryl methyl sites for hydroxylation is 1. The molecule has 1 N–H and O–H groups in total. The van der Waals surface area contributed by atoms with Gasteiger partial charge in [-0.1, -0.05) is 20.3 Å². The lowest BCUT2D eigenvalue weighted by molar-refractivity contribution is 0.0690. The van der Waals surface area contributed by atoms with Crippen molar-refractivity contribution < 1.29 is 14.6 Å². The van der Waals surface area contributed by atoms with Crippen LogP contribution in [0.5, 0.6) is 5.75 Å². The number of hydrogen-bond donors (Lipinski definition) is 1. The molecule has 1 aromatic heterocycles. The molecule has 2 rings (SSSR count). The van der Waals surface area contributed by atoms with Crippen LogP contribution < -0.4 is 4.74 Å². The summed E-state index contributed by atoms with van der Waals surface area (Å²) >= 11 is 1.36. The molecule has 1 saturated carbocycles. The Bertz CT molecular complexity index is 431. The molecule has 106 valence electrons. The predicted octanol–water partition coefficient (Wildman–Crippen LogP) is 4.36. The summed E-state index contributed by atoms with van der Waals surface area (Å²) < 4.78 is 5.95. The van der Waals surface area contributed by atoms with Gasteiger partial charge in [0, 0.05) is 4.88 Å². The minimum Gasteiger partial charge on any atom is -0.489 e. The van der Waals surface area contributed by atoms with Crippen LogP contribution in [-0.2, 0) is 6.42 Å². The summed E-state index contributed by atoms with van der Waals surface area (Å²) in [5.74, 6) is 0.490. The molecule has 0 amide bonds. The molecule has 19 heavy (non-hydrogen) atoms. The molecule has 1 aromatic rings. The van der Waals surface area contributed by atoms with Gasteiger partial charge in [-0.15, -0.1) is 11.3 Å². The van der Waals surface area contributed by atoms with Crippen molar-refractivity contribution in [3.8, 4) is 5.75 Å². The molecule has 0 bridgehead atoms. The minimum absolute atomic E-state index is 0.193. The molecule has 1 fully saturated rings. The predicted molar refractivity (Wildman–Crippen MR) is 77.3 cm³/mol. The van der Waals surface area contributed by atoms with Gasteiger partial charge in [-0.2, -0.15) is 0 Å². The van der Waals surface area contributed by atoms with Crippen LogP contribution in [0.15, 0.2) is 6.07 Å². The van der Waals surface area contributed by atoms with Crippen LogP contribution in [0.1, 0.15) is 60.5 Å². The van der Waals surface area contributed by atoms with Gasteiger partial charge in [-0.3, -0.25) is 0 Å². The third-order valence-electron chi connectivity index (χ3n) is 3.70. The van der Waals surface area contributed by atoms with Gasteiger partial charge in [-0.05, 0) is 44.1 Å². The fourth-order valence-electron chi connectivity index (χ4n) is 2.56. The Morgan fingerprint density at radius 2 is 2.11 bits per heavy atom. The molecule has 1 heterocycles. The van der Waals surface area contributed by atoms with Crippen LogP contribution in [0.4, 0.5) is 0 Å². The third kappa shape index (κ3) is 3.72. The summed E-state index contributed by atoms with van der Waals surface area (Å²) in [7, 11) is 0. The van der Waals surface area contributed by atoms with E-state index in [0.29, 0.717) is 10.6 Å². The molecule has 0 aliphatic heterocycles. The van der Waals surface area contributed by atoms with Crippen molar-refractivity contribution in [3.05, 3.63) is 15.8 Å². The number of rotatable bonds is 5. The molecule has 0 aromatic carbocycles. The van der Waals surface area contributed by atoms with Crippen molar-refractivity contribution in [2.75, 3.05) is 0 Å². The van der Waals surface area contributed by atoms with E-state index in [2.05, 4.69) is 13.8 Å². The lowest BCUT2D eigenvalue weighted by Gasteiger charge is -2.26. The van der Waals surface area contributed by atoms with Crippen molar-refractivity contribution >= 4 is 17.3 Å². The van der Waals surface area contributed by atoms with E-state index in [1.54, 1.807) is 0 Å². The second-order valence-corrected chi connectivity index (χ2v) is 6.60. The van der Waals surface area contributed by atoms with Gasteiger partial charge in [0.2, 0.25) is 0 Å². The Kier molecular flexibility index (Phi) is 4.86. The van der Waals surface area contributed by atoms with Gasteiger partial charge in [-0.25, -0.2) is 4.79 Å². The monoisotopic (exact) mass is 282 g/mol. The van der Waals surface area contributed by atoms with Gasteiger partial charge in [0.15, 0.2) is 4.88 Å². The SMILES string of the molecule is CCCc1cc(OC2CCC(C)CC2)c(C(=O)O)s1. The van der Waals surface area contributed by atoms with Gasteiger partial charge in [0.25, 0.3) is 0 Å². The first-order valence-corrected chi connectivity index (χ1v) is 7.94. The standard InChI is InChI=1S/C15H22O3S/c1-3-4-12-9-13(14(19-12)15(16)17)18-11-7-5-10(2)6-8-11/h9-11H,3-8H2,1-2H3,(H,16,17). The molecule has 1 aliphatic rings. The van der Waals surface area contributed by atoms with Crippen molar-refractivity contribution in [3.63, 3.8) is 0 Å². The lowest BCUT2D eigenvalue weighted by atomic mass is 9.89. The number of carboxylic acids is 1. The smallest absolute Gasteiger partial charge is 0.349 e. The zero-order valence-corrected chi connectivity index (χ0v) is 12.5. The number of ether oxygens (including phenoxy) is 1. The maximum absolute atomic E-state index is 11.3. The van der Waals surface area contributed by atoms with E-state index in [1.165, 1.54) is 24.2 Å². The highest BCUT2D eigenvalue weighted by molar-refractivity contribution is 7.14. The Balaban J connectivity index is 2.07. The second kappa shape index (κ2) is 6.42. The lowest BCUT2D eigenvalue weighted by Crippen LogP contribution is -2.23. The fraction of sp³-hybridized carbons (Fsp3) is 0.667. The third-order valence-corrected chi connectivity index (χ3v) is 4.86. The molecular formula is C15H22O3S. The first kappa shape index (κ1) is 14.4. The van der Waals surface area contributed by atoms with Crippen LogP contribution in [0, 0.1) is 5.92 Å². The average molecular weight is 282 g/mol. The minimum atomic E-state index is -0.869. The topological polar surface area (TPSA) is 46.5 Å². The van der Waals surface area contributed by atoms with Crippen LogP contribution in [-0.4, -0.2) is 17.2 Å². The van der Waals surface area contributed by atoms with Crippen molar-refractivity contribution in [2.45, 2.75) is 58.5 Å².